The number of hydrogen-bond acceptors (Lipinski definition) is 5. The van der Waals surface area contributed by atoms with Gasteiger partial charge in [0.15, 0.2) is 21.3 Å². The molecule has 11 heteroatoms. The van der Waals surface area contributed by atoms with E-state index in [0.29, 0.717) is 5.56 Å². The first-order valence-corrected chi connectivity index (χ1v) is 10.1. The molecule has 0 atom stereocenters. The van der Waals surface area contributed by atoms with Crippen LogP contribution < -0.4 is 5.32 Å². The van der Waals surface area contributed by atoms with Crippen LogP contribution in [0.1, 0.15) is 21.7 Å². The van der Waals surface area contributed by atoms with Gasteiger partial charge in [0.1, 0.15) is 5.69 Å². The van der Waals surface area contributed by atoms with Crippen molar-refractivity contribution in [3.8, 4) is 5.82 Å². The Balaban J connectivity index is 1.70. The third kappa shape index (κ3) is 4.99. The number of rotatable bonds is 5. The van der Waals surface area contributed by atoms with Crippen LogP contribution in [0.25, 0.3) is 5.82 Å². The van der Waals surface area contributed by atoms with Gasteiger partial charge in [-0.25, -0.2) is 18.1 Å². The van der Waals surface area contributed by atoms with Crippen LogP contribution in [0, 0.1) is 0 Å². The fraction of sp³-hybridized carbons (Fsp3) is 0.167. The number of benzene rings is 1. The lowest BCUT2D eigenvalue weighted by Gasteiger charge is -2.07. The Morgan fingerprint density at radius 3 is 2.38 bits per heavy atom. The molecule has 2 heterocycles. The molecule has 3 aromatic rings. The minimum absolute atomic E-state index is 0.000634. The van der Waals surface area contributed by atoms with Crippen LogP contribution in [0.4, 0.5) is 13.2 Å². The first kappa shape index (κ1) is 20.5. The van der Waals surface area contributed by atoms with Crippen molar-refractivity contribution in [1.82, 2.24) is 20.1 Å². The Bertz CT molecular complexity index is 1140. The lowest BCUT2D eigenvalue weighted by Crippen LogP contribution is -2.24. The van der Waals surface area contributed by atoms with E-state index < -0.39 is 27.6 Å². The van der Waals surface area contributed by atoms with Crippen LogP contribution in [0.2, 0.25) is 0 Å². The van der Waals surface area contributed by atoms with Crippen molar-refractivity contribution in [1.29, 1.82) is 0 Å². The lowest BCUT2D eigenvalue weighted by molar-refractivity contribution is -0.141. The molecule has 7 nitrogen and oxygen atoms in total. The Morgan fingerprint density at radius 1 is 1.10 bits per heavy atom. The van der Waals surface area contributed by atoms with Crippen LogP contribution in [-0.4, -0.2) is 35.3 Å². The average Bonchev–Trinajstić information content (AvgIpc) is 3.16. The van der Waals surface area contributed by atoms with Gasteiger partial charge in [0.05, 0.1) is 4.90 Å². The molecule has 3 rings (SSSR count). The second-order valence-electron chi connectivity index (χ2n) is 6.12. The molecule has 0 saturated heterocycles. The summed E-state index contributed by atoms with van der Waals surface area (Å²) >= 11 is 0. The van der Waals surface area contributed by atoms with Gasteiger partial charge in [0.25, 0.3) is 5.91 Å². The van der Waals surface area contributed by atoms with Crippen molar-refractivity contribution in [3.63, 3.8) is 0 Å². The van der Waals surface area contributed by atoms with Gasteiger partial charge in [-0.2, -0.15) is 18.3 Å². The standard InChI is InChI=1S/C18H15F3N4O3S/c1-29(27,28)13-7-5-12(6-8-13)11-22-17(26)14-3-2-4-16(23-14)25-10-9-15(24-25)18(19,20)21/h2-10H,11H2,1H3,(H,22,26). The van der Waals surface area contributed by atoms with Crippen molar-refractivity contribution in [2.75, 3.05) is 6.26 Å². The number of carbonyl (C=O) groups excluding carboxylic acids is 1. The third-order valence-corrected chi connectivity index (χ3v) is 5.01. The highest BCUT2D eigenvalue weighted by atomic mass is 32.2. The molecule has 0 bridgehead atoms. The Labute approximate surface area is 164 Å². The van der Waals surface area contributed by atoms with Gasteiger partial charge in [-0.3, -0.25) is 4.79 Å². The lowest BCUT2D eigenvalue weighted by atomic mass is 10.2. The van der Waals surface area contributed by atoms with Crippen molar-refractivity contribution in [2.24, 2.45) is 0 Å². The van der Waals surface area contributed by atoms with Crippen LogP contribution in [0.15, 0.2) is 59.6 Å². The molecule has 0 saturated carbocycles. The number of nitrogens with zero attached hydrogens (tertiary/aromatic N) is 3. The van der Waals surface area contributed by atoms with Gasteiger partial charge in [-0.15, -0.1) is 0 Å². The monoisotopic (exact) mass is 424 g/mol. The predicted octanol–water partition coefficient (Wildman–Crippen LogP) is 2.62. The second kappa shape index (κ2) is 7.66. The number of hydrogen-bond donors (Lipinski definition) is 1. The number of alkyl halides is 3. The fourth-order valence-electron chi connectivity index (χ4n) is 2.41. The summed E-state index contributed by atoms with van der Waals surface area (Å²) in [5.41, 5.74) is -0.394. The van der Waals surface area contributed by atoms with Crippen LogP contribution in [0.3, 0.4) is 0 Å². The average molecular weight is 424 g/mol. The molecule has 152 valence electrons. The van der Waals surface area contributed by atoms with Gasteiger partial charge in [0.2, 0.25) is 0 Å². The van der Waals surface area contributed by atoms with Crippen molar-refractivity contribution in [2.45, 2.75) is 17.6 Å². The minimum atomic E-state index is -4.58. The van der Waals surface area contributed by atoms with Crippen molar-refractivity contribution < 1.29 is 26.4 Å². The highest BCUT2D eigenvalue weighted by Crippen LogP contribution is 2.27. The molecule has 2 aromatic heterocycles. The number of pyridine rings is 1. The van der Waals surface area contributed by atoms with Gasteiger partial charge in [0, 0.05) is 19.0 Å². The maximum atomic E-state index is 12.7. The zero-order chi connectivity index (χ0) is 21.2. The first-order chi connectivity index (χ1) is 13.5. The van der Waals surface area contributed by atoms with E-state index in [0.717, 1.165) is 23.2 Å². The van der Waals surface area contributed by atoms with E-state index >= 15 is 0 Å². The second-order valence-corrected chi connectivity index (χ2v) is 8.14. The topological polar surface area (TPSA) is 94.0 Å². The zero-order valence-electron chi connectivity index (χ0n) is 15.0. The van der Waals surface area contributed by atoms with E-state index in [1.807, 2.05) is 0 Å². The van der Waals surface area contributed by atoms with E-state index in [2.05, 4.69) is 15.4 Å². The summed E-state index contributed by atoms with van der Waals surface area (Å²) in [7, 11) is -3.31. The Morgan fingerprint density at radius 2 is 1.79 bits per heavy atom. The molecule has 0 radical (unpaired) electrons. The van der Waals surface area contributed by atoms with Gasteiger partial charge >= 0.3 is 6.18 Å². The third-order valence-electron chi connectivity index (χ3n) is 3.89. The maximum Gasteiger partial charge on any atom is 0.435 e. The van der Waals surface area contributed by atoms with Crippen LogP contribution in [0.5, 0.6) is 0 Å². The smallest absolute Gasteiger partial charge is 0.347 e. The van der Waals surface area contributed by atoms with Gasteiger partial charge < -0.3 is 5.32 Å². The highest BCUT2D eigenvalue weighted by Gasteiger charge is 2.33. The van der Waals surface area contributed by atoms with E-state index in [1.54, 1.807) is 12.1 Å². The van der Waals surface area contributed by atoms with Gasteiger partial charge in [-0.05, 0) is 35.9 Å². The first-order valence-electron chi connectivity index (χ1n) is 8.21. The zero-order valence-corrected chi connectivity index (χ0v) is 15.8. The molecule has 29 heavy (non-hydrogen) atoms. The number of nitrogens with one attached hydrogen (secondary N) is 1. The Hall–Kier alpha value is -3.21. The minimum Gasteiger partial charge on any atom is -0.347 e. The quantitative estimate of drug-likeness (QED) is 0.680. The SMILES string of the molecule is CS(=O)(=O)c1ccc(CNC(=O)c2cccc(-n3ccc(C(F)(F)F)n3)n2)cc1. The molecular formula is C18H15F3N4O3S. The van der Waals surface area contributed by atoms with E-state index in [1.165, 1.54) is 30.3 Å². The number of aromatic nitrogens is 3. The summed E-state index contributed by atoms with van der Waals surface area (Å²) < 4.78 is 61.9. The summed E-state index contributed by atoms with van der Waals surface area (Å²) in [4.78, 5) is 16.5. The summed E-state index contributed by atoms with van der Waals surface area (Å²) in [6.45, 7) is 0.120. The number of amides is 1. The van der Waals surface area contributed by atoms with Crippen LogP contribution in [-0.2, 0) is 22.6 Å². The van der Waals surface area contributed by atoms with E-state index in [-0.39, 0.29) is 23.0 Å². The largest absolute Gasteiger partial charge is 0.435 e. The predicted molar refractivity (Wildman–Crippen MR) is 97.1 cm³/mol. The molecular weight excluding hydrogens is 409 g/mol. The van der Waals surface area contributed by atoms with Crippen molar-refractivity contribution >= 4 is 15.7 Å². The summed E-state index contributed by atoms with van der Waals surface area (Å²) in [6.07, 6.45) is -2.37. The van der Waals surface area contributed by atoms with E-state index in [4.69, 9.17) is 0 Å². The molecule has 0 aliphatic carbocycles. The Kier molecular flexibility index (Phi) is 5.42. The summed E-state index contributed by atoms with van der Waals surface area (Å²) in [5.74, 6) is -0.479. The molecule has 0 aliphatic heterocycles. The van der Waals surface area contributed by atoms with Crippen LogP contribution >= 0.6 is 0 Å². The molecule has 1 N–H and O–H groups in total. The highest BCUT2D eigenvalue weighted by molar-refractivity contribution is 7.90. The van der Waals surface area contributed by atoms with Gasteiger partial charge in [-0.1, -0.05) is 18.2 Å². The molecule has 0 aliphatic rings. The molecule has 0 spiro atoms. The summed E-state index contributed by atoms with van der Waals surface area (Å²) in [6, 6.07) is 11.2. The maximum absolute atomic E-state index is 12.7. The number of carbonyl (C=O) groups is 1. The molecule has 1 amide bonds. The molecule has 1 aromatic carbocycles. The molecule has 0 unspecified atom stereocenters. The number of halogens is 3. The van der Waals surface area contributed by atoms with E-state index in [9.17, 15) is 26.4 Å². The normalized spacial score (nSPS) is 12.0. The van der Waals surface area contributed by atoms with Crippen molar-refractivity contribution in [3.05, 3.63) is 71.7 Å². The number of sulfone groups is 1. The fourth-order valence-corrected chi connectivity index (χ4v) is 3.04. The molecule has 0 fully saturated rings. The summed E-state index contributed by atoms with van der Waals surface area (Å²) in [5, 5.41) is 6.04.